The number of likely N-dealkylation sites (tertiary alicyclic amines) is 1. The van der Waals surface area contributed by atoms with Gasteiger partial charge in [0.05, 0.1) is 0 Å². The third-order valence-electron chi connectivity index (χ3n) is 7.98. The number of carbonyl (C=O) groups is 1. The number of nitrogens with one attached hydrogen (secondary N) is 2. The lowest BCUT2D eigenvalue weighted by Gasteiger charge is -2.54. The molecular weight excluding hydrogens is 382 g/mol. The Hall–Kier alpha value is -1.83. The summed E-state index contributed by atoms with van der Waals surface area (Å²) in [5, 5.41) is 0. The van der Waals surface area contributed by atoms with Crippen LogP contribution in [0.1, 0.15) is 86.6 Å². The fraction of sp³-hybridized carbons (Fsp3) is 0.667. The van der Waals surface area contributed by atoms with Gasteiger partial charge in [-0.3, -0.25) is 10.2 Å². The molecule has 1 aliphatic heterocycles. The van der Waals surface area contributed by atoms with Crippen molar-refractivity contribution in [3.63, 3.8) is 0 Å². The molecule has 168 valence electrons. The van der Waals surface area contributed by atoms with Crippen molar-refractivity contribution in [2.75, 3.05) is 26.2 Å². The van der Waals surface area contributed by atoms with E-state index in [2.05, 4.69) is 40.7 Å². The Labute approximate surface area is 188 Å². The van der Waals surface area contributed by atoms with E-state index in [0.717, 1.165) is 24.4 Å². The Kier molecular flexibility index (Phi) is 7.35. The number of benzene rings is 1. The predicted molar refractivity (Wildman–Crippen MR) is 127 cm³/mol. The van der Waals surface area contributed by atoms with Gasteiger partial charge in [-0.1, -0.05) is 19.1 Å². The van der Waals surface area contributed by atoms with Crippen molar-refractivity contribution < 1.29 is 4.79 Å². The van der Waals surface area contributed by atoms with Crippen molar-refractivity contribution in [2.24, 2.45) is 17.3 Å². The summed E-state index contributed by atoms with van der Waals surface area (Å²) in [4.78, 5) is 14.9. The minimum Gasteiger partial charge on any atom is -0.302 e. The van der Waals surface area contributed by atoms with E-state index in [4.69, 9.17) is 6.42 Å². The molecule has 4 rings (SSSR count). The molecule has 2 aliphatic carbocycles. The Bertz CT molecular complexity index is 757. The molecule has 4 heteroatoms. The van der Waals surface area contributed by atoms with Crippen LogP contribution in [-0.4, -0.2) is 37.0 Å². The lowest BCUT2D eigenvalue weighted by Crippen LogP contribution is -2.58. The van der Waals surface area contributed by atoms with E-state index in [1.54, 1.807) is 0 Å². The Morgan fingerprint density at radius 1 is 1.10 bits per heavy atom. The van der Waals surface area contributed by atoms with Crippen molar-refractivity contribution in [3.05, 3.63) is 35.4 Å². The van der Waals surface area contributed by atoms with Gasteiger partial charge in [0.15, 0.2) is 0 Å². The maximum Gasteiger partial charge on any atom is 0.265 e. The summed E-state index contributed by atoms with van der Waals surface area (Å²) in [5.41, 5.74) is 8.42. The molecule has 1 heterocycles. The molecule has 0 bridgehead atoms. The molecule has 3 fully saturated rings. The second-order valence-electron chi connectivity index (χ2n) is 10.3. The predicted octanol–water partition coefficient (Wildman–Crippen LogP) is 4.73. The maximum absolute atomic E-state index is 12.2. The standard InChI is InChI=1S/C27H39N3O/c1-3-17-28-29-26(31)25-11-9-23(10-12-25)24-13-15-27(16-14-24)19-30(20-27)18-22-7-5-21(4-2)6-8-22/h2,9-12,21-22,24,28H,3,5-8,13-20H2,1H3,(H,29,31). The zero-order chi connectivity index (χ0) is 21.7. The molecule has 31 heavy (non-hydrogen) atoms. The molecule has 1 spiro atoms. The molecule has 0 unspecified atom stereocenters. The molecule has 3 aliphatic rings. The number of carbonyl (C=O) groups excluding carboxylic acids is 1. The third kappa shape index (κ3) is 5.51. The molecule has 1 saturated heterocycles. The Morgan fingerprint density at radius 3 is 2.39 bits per heavy atom. The monoisotopic (exact) mass is 421 g/mol. The SMILES string of the molecule is C#CC1CCC(CN2CC3(CCC(c4ccc(C(=O)NNCCC)cc4)CC3)C2)CC1. The number of hydrazine groups is 1. The summed E-state index contributed by atoms with van der Waals surface area (Å²) in [7, 11) is 0. The van der Waals surface area contributed by atoms with Gasteiger partial charge in [0, 0.05) is 37.7 Å². The number of amides is 1. The Morgan fingerprint density at radius 2 is 1.77 bits per heavy atom. The van der Waals surface area contributed by atoms with E-state index in [-0.39, 0.29) is 5.91 Å². The van der Waals surface area contributed by atoms with Crippen molar-refractivity contribution in [3.8, 4) is 12.3 Å². The van der Waals surface area contributed by atoms with E-state index in [1.165, 1.54) is 76.6 Å². The molecular formula is C27H39N3O. The summed E-state index contributed by atoms with van der Waals surface area (Å²) in [5.74, 6) is 4.95. The van der Waals surface area contributed by atoms with Gasteiger partial charge in [-0.2, -0.15) is 0 Å². The van der Waals surface area contributed by atoms with Gasteiger partial charge in [0.2, 0.25) is 0 Å². The average Bonchev–Trinajstić information content (AvgIpc) is 2.79. The second-order valence-corrected chi connectivity index (χ2v) is 10.3. The molecule has 1 amide bonds. The van der Waals surface area contributed by atoms with E-state index in [1.807, 2.05) is 12.1 Å². The first kappa shape index (κ1) is 22.4. The quantitative estimate of drug-likeness (QED) is 0.380. The van der Waals surface area contributed by atoms with Crippen LogP contribution < -0.4 is 10.9 Å². The molecule has 1 aromatic carbocycles. The number of hydrogen-bond donors (Lipinski definition) is 2. The first-order chi connectivity index (χ1) is 15.1. The van der Waals surface area contributed by atoms with Gasteiger partial charge in [-0.25, -0.2) is 5.43 Å². The largest absolute Gasteiger partial charge is 0.302 e. The average molecular weight is 422 g/mol. The molecule has 0 atom stereocenters. The number of nitrogens with zero attached hydrogens (tertiary/aromatic N) is 1. The second kappa shape index (κ2) is 10.2. The zero-order valence-corrected chi connectivity index (χ0v) is 19.2. The third-order valence-corrected chi connectivity index (χ3v) is 7.98. The molecule has 0 radical (unpaired) electrons. The highest BCUT2D eigenvalue weighted by atomic mass is 16.2. The van der Waals surface area contributed by atoms with E-state index < -0.39 is 0 Å². The van der Waals surface area contributed by atoms with Gasteiger partial charge in [0.25, 0.3) is 5.91 Å². The van der Waals surface area contributed by atoms with Crippen LogP contribution in [0, 0.1) is 29.6 Å². The summed E-state index contributed by atoms with van der Waals surface area (Å²) in [6.45, 7) is 6.77. The molecule has 0 aromatic heterocycles. The smallest absolute Gasteiger partial charge is 0.265 e. The van der Waals surface area contributed by atoms with Crippen molar-refractivity contribution in [2.45, 2.75) is 70.6 Å². The normalized spacial score (nSPS) is 26.2. The van der Waals surface area contributed by atoms with Crippen molar-refractivity contribution in [1.29, 1.82) is 0 Å². The van der Waals surface area contributed by atoms with E-state index in [9.17, 15) is 4.79 Å². The van der Waals surface area contributed by atoms with Crippen LogP contribution >= 0.6 is 0 Å². The van der Waals surface area contributed by atoms with Crippen LogP contribution in [0.2, 0.25) is 0 Å². The van der Waals surface area contributed by atoms with Crippen LogP contribution in [0.5, 0.6) is 0 Å². The van der Waals surface area contributed by atoms with Crippen molar-refractivity contribution >= 4 is 5.91 Å². The van der Waals surface area contributed by atoms with Crippen molar-refractivity contribution in [1.82, 2.24) is 15.8 Å². The molecule has 4 nitrogen and oxygen atoms in total. The lowest BCUT2D eigenvalue weighted by molar-refractivity contribution is -0.0427. The van der Waals surface area contributed by atoms with Crippen LogP contribution in [0.15, 0.2) is 24.3 Å². The minimum atomic E-state index is -0.0510. The zero-order valence-electron chi connectivity index (χ0n) is 19.2. The van der Waals surface area contributed by atoms with Crippen LogP contribution in [0.4, 0.5) is 0 Å². The van der Waals surface area contributed by atoms with E-state index >= 15 is 0 Å². The van der Waals surface area contributed by atoms with Gasteiger partial charge >= 0.3 is 0 Å². The summed E-state index contributed by atoms with van der Waals surface area (Å²) in [6.07, 6.45) is 17.0. The summed E-state index contributed by atoms with van der Waals surface area (Å²) < 4.78 is 0. The van der Waals surface area contributed by atoms with E-state index in [0.29, 0.717) is 17.3 Å². The number of terminal acetylenes is 1. The Balaban J connectivity index is 1.19. The van der Waals surface area contributed by atoms with Gasteiger partial charge in [-0.05, 0) is 92.7 Å². The first-order valence-corrected chi connectivity index (χ1v) is 12.4. The molecule has 2 N–H and O–H groups in total. The highest BCUT2D eigenvalue weighted by molar-refractivity contribution is 5.93. The number of hydrogen-bond acceptors (Lipinski definition) is 3. The van der Waals surface area contributed by atoms with Crippen LogP contribution in [0.3, 0.4) is 0 Å². The van der Waals surface area contributed by atoms with Crippen LogP contribution in [0.25, 0.3) is 0 Å². The first-order valence-electron chi connectivity index (χ1n) is 12.4. The minimum absolute atomic E-state index is 0.0510. The summed E-state index contributed by atoms with van der Waals surface area (Å²) >= 11 is 0. The van der Waals surface area contributed by atoms with Gasteiger partial charge < -0.3 is 4.90 Å². The lowest BCUT2D eigenvalue weighted by atomic mass is 9.64. The highest BCUT2D eigenvalue weighted by Crippen LogP contribution is 2.48. The van der Waals surface area contributed by atoms with Gasteiger partial charge in [0.1, 0.15) is 0 Å². The fourth-order valence-electron chi connectivity index (χ4n) is 6.03. The summed E-state index contributed by atoms with van der Waals surface area (Å²) in [6, 6.07) is 8.28. The highest BCUT2D eigenvalue weighted by Gasteiger charge is 2.45. The number of rotatable bonds is 7. The molecule has 1 aromatic rings. The topological polar surface area (TPSA) is 44.4 Å². The fourth-order valence-corrected chi connectivity index (χ4v) is 6.03. The van der Waals surface area contributed by atoms with Crippen LogP contribution in [-0.2, 0) is 0 Å². The molecule has 2 saturated carbocycles. The van der Waals surface area contributed by atoms with Gasteiger partial charge in [-0.15, -0.1) is 12.3 Å². The maximum atomic E-state index is 12.2.